The van der Waals surface area contributed by atoms with Crippen molar-refractivity contribution < 1.29 is 9.59 Å². The number of carbonyl (C=O) groups is 2. The summed E-state index contributed by atoms with van der Waals surface area (Å²) in [6.45, 7) is 4.90. The maximum absolute atomic E-state index is 13.5. The highest BCUT2D eigenvalue weighted by atomic mass is 16.2. The highest BCUT2D eigenvalue weighted by molar-refractivity contribution is 5.98. The number of piperidine rings is 1. The molecule has 5 rings (SSSR count). The molecule has 2 fully saturated rings. The van der Waals surface area contributed by atoms with E-state index in [0.717, 1.165) is 67.2 Å². The molecule has 3 aromatic rings. The Hall–Kier alpha value is -3.60. The van der Waals surface area contributed by atoms with Crippen molar-refractivity contribution in [1.82, 2.24) is 15.1 Å². The minimum atomic E-state index is 0.0531. The van der Waals surface area contributed by atoms with Crippen molar-refractivity contribution in [3.05, 3.63) is 89.5 Å². The number of urea groups is 1. The second-order valence-corrected chi connectivity index (χ2v) is 11.4. The van der Waals surface area contributed by atoms with Crippen molar-refractivity contribution in [2.24, 2.45) is 5.92 Å². The maximum atomic E-state index is 13.5. The summed E-state index contributed by atoms with van der Waals surface area (Å²) < 4.78 is 0. The topological polar surface area (TPSA) is 52.7 Å². The first-order valence-electron chi connectivity index (χ1n) is 14.6. The van der Waals surface area contributed by atoms with Crippen LogP contribution in [0.2, 0.25) is 0 Å². The van der Waals surface area contributed by atoms with Crippen LogP contribution in [0.5, 0.6) is 0 Å². The van der Waals surface area contributed by atoms with Gasteiger partial charge in [0, 0.05) is 37.8 Å². The molecule has 1 aliphatic carbocycles. The van der Waals surface area contributed by atoms with Crippen molar-refractivity contribution >= 4 is 28.8 Å². The van der Waals surface area contributed by atoms with Gasteiger partial charge in [0.05, 0.1) is 0 Å². The number of nitrogens with one attached hydrogen (secondary N) is 1. The van der Waals surface area contributed by atoms with Crippen LogP contribution in [0.3, 0.4) is 0 Å². The van der Waals surface area contributed by atoms with E-state index < -0.39 is 0 Å². The van der Waals surface area contributed by atoms with Crippen LogP contribution >= 0.6 is 0 Å². The van der Waals surface area contributed by atoms with Crippen molar-refractivity contribution in [2.75, 3.05) is 26.2 Å². The SMILES string of the molecule is CC(=Cc1ccccc1)CN(CC1CCN(C(=O)c2ccc3ccccc3c2)CC1)C(=O)NC1CCCCC1. The van der Waals surface area contributed by atoms with Gasteiger partial charge in [0.25, 0.3) is 5.91 Å². The molecule has 5 nitrogen and oxygen atoms in total. The normalized spacial score (nSPS) is 17.3. The Morgan fingerprint density at radius 1 is 0.872 bits per heavy atom. The molecule has 0 aromatic heterocycles. The predicted molar refractivity (Wildman–Crippen MR) is 160 cm³/mol. The van der Waals surface area contributed by atoms with Gasteiger partial charge in [-0.1, -0.05) is 91.6 Å². The lowest BCUT2D eigenvalue weighted by Gasteiger charge is -2.36. The van der Waals surface area contributed by atoms with Gasteiger partial charge in [-0.25, -0.2) is 4.79 Å². The minimum absolute atomic E-state index is 0.0531. The van der Waals surface area contributed by atoms with Gasteiger partial charge >= 0.3 is 6.03 Å². The average Bonchev–Trinajstić information content (AvgIpc) is 2.97. The summed E-state index contributed by atoms with van der Waals surface area (Å²) >= 11 is 0. The molecule has 2 aliphatic rings. The van der Waals surface area contributed by atoms with E-state index in [4.69, 9.17) is 0 Å². The standard InChI is InChI=1S/C34H41N3O2/c1-26(22-27-10-4-2-5-11-27)24-37(34(39)35-32-14-6-3-7-15-32)25-28-18-20-36(21-19-28)33(38)31-17-16-29-12-8-9-13-30(29)23-31/h2,4-5,8-13,16-17,22-23,28,32H,3,6-7,14-15,18-21,24-25H2,1H3,(H,35,39). The Kier molecular flexibility index (Phi) is 8.97. The summed E-state index contributed by atoms with van der Waals surface area (Å²) in [6.07, 6.45) is 9.81. The molecule has 5 heteroatoms. The van der Waals surface area contributed by atoms with Gasteiger partial charge in [-0.05, 0) is 67.0 Å². The van der Waals surface area contributed by atoms with Gasteiger partial charge in [-0.15, -0.1) is 0 Å². The third-order valence-corrected chi connectivity index (χ3v) is 8.25. The Morgan fingerprint density at radius 3 is 2.31 bits per heavy atom. The number of amides is 3. The summed E-state index contributed by atoms with van der Waals surface area (Å²) in [5.74, 6) is 0.486. The average molecular weight is 524 g/mol. The number of carbonyl (C=O) groups excluding carboxylic acids is 2. The molecule has 0 radical (unpaired) electrons. The number of hydrogen-bond donors (Lipinski definition) is 1. The van der Waals surface area contributed by atoms with E-state index in [-0.39, 0.29) is 18.0 Å². The van der Waals surface area contributed by atoms with Crippen LogP contribution in [0.25, 0.3) is 16.8 Å². The van der Waals surface area contributed by atoms with Gasteiger partial charge < -0.3 is 15.1 Å². The molecule has 0 bridgehead atoms. The summed E-state index contributed by atoms with van der Waals surface area (Å²) in [5, 5.41) is 5.58. The molecule has 0 unspecified atom stereocenters. The van der Waals surface area contributed by atoms with Crippen molar-refractivity contribution in [3.63, 3.8) is 0 Å². The van der Waals surface area contributed by atoms with Crippen LogP contribution in [-0.2, 0) is 0 Å². The third kappa shape index (κ3) is 7.29. The molecule has 1 aliphatic heterocycles. The predicted octanol–water partition coefficient (Wildman–Crippen LogP) is 7.14. The summed E-state index contributed by atoms with van der Waals surface area (Å²) in [6, 6.07) is 24.8. The lowest BCUT2D eigenvalue weighted by Crippen LogP contribution is -2.49. The quantitative estimate of drug-likeness (QED) is 0.358. The monoisotopic (exact) mass is 523 g/mol. The molecule has 3 amide bonds. The molecule has 0 spiro atoms. The van der Waals surface area contributed by atoms with Crippen molar-refractivity contribution in [2.45, 2.75) is 57.9 Å². The second-order valence-electron chi connectivity index (χ2n) is 11.4. The van der Waals surface area contributed by atoms with Gasteiger partial charge in [-0.2, -0.15) is 0 Å². The van der Waals surface area contributed by atoms with E-state index in [1.54, 1.807) is 0 Å². The van der Waals surface area contributed by atoms with Gasteiger partial charge in [0.15, 0.2) is 0 Å². The molecule has 3 aromatic carbocycles. The van der Waals surface area contributed by atoms with E-state index in [1.807, 2.05) is 58.3 Å². The van der Waals surface area contributed by atoms with Gasteiger partial charge in [-0.3, -0.25) is 4.79 Å². The molecule has 0 atom stereocenters. The second kappa shape index (κ2) is 13.0. The molecule has 1 saturated heterocycles. The first kappa shape index (κ1) is 27.0. The van der Waals surface area contributed by atoms with Gasteiger partial charge in [0.1, 0.15) is 0 Å². The lowest BCUT2D eigenvalue weighted by atomic mass is 9.94. The number of rotatable bonds is 7. The molecular weight excluding hydrogens is 482 g/mol. The first-order valence-corrected chi connectivity index (χ1v) is 14.6. The number of nitrogens with zero attached hydrogens (tertiary/aromatic N) is 2. The Balaban J connectivity index is 1.21. The highest BCUT2D eigenvalue weighted by Crippen LogP contribution is 2.24. The minimum Gasteiger partial charge on any atom is -0.339 e. The van der Waals surface area contributed by atoms with E-state index >= 15 is 0 Å². The van der Waals surface area contributed by atoms with Crippen molar-refractivity contribution in [1.29, 1.82) is 0 Å². The van der Waals surface area contributed by atoms with E-state index in [9.17, 15) is 9.59 Å². The Bertz CT molecular complexity index is 1290. The molecule has 1 N–H and O–H groups in total. The smallest absolute Gasteiger partial charge is 0.317 e. The number of fused-ring (bicyclic) bond motifs is 1. The fourth-order valence-corrected chi connectivity index (χ4v) is 6.05. The van der Waals surface area contributed by atoms with Crippen LogP contribution in [0.1, 0.15) is 67.8 Å². The van der Waals surface area contributed by atoms with Gasteiger partial charge in [0.2, 0.25) is 0 Å². The lowest BCUT2D eigenvalue weighted by molar-refractivity contribution is 0.0674. The zero-order valence-electron chi connectivity index (χ0n) is 23.1. The third-order valence-electron chi connectivity index (χ3n) is 8.25. The summed E-state index contributed by atoms with van der Waals surface area (Å²) in [4.78, 5) is 30.7. The Morgan fingerprint density at radius 2 is 1.56 bits per heavy atom. The number of hydrogen-bond acceptors (Lipinski definition) is 2. The molecule has 39 heavy (non-hydrogen) atoms. The Labute approximate surface area is 232 Å². The van der Waals surface area contributed by atoms with E-state index in [2.05, 4.69) is 42.6 Å². The highest BCUT2D eigenvalue weighted by Gasteiger charge is 2.28. The maximum Gasteiger partial charge on any atom is 0.317 e. The van der Waals surface area contributed by atoms with Crippen LogP contribution in [0.15, 0.2) is 78.4 Å². The van der Waals surface area contributed by atoms with E-state index in [0.29, 0.717) is 12.5 Å². The molecule has 1 saturated carbocycles. The number of benzene rings is 3. The fourth-order valence-electron chi connectivity index (χ4n) is 6.05. The van der Waals surface area contributed by atoms with E-state index in [1.165, 1.54) is 24.8 Å². The summed E-state index contributed by atoms with van der Waals surface area (Å²) in [7, 11) is 0. The fraction of sp³-hybridized carbons (Fsp3) is 0.412. The van der Waals surface area contributed by atoms with Crippen LogP contribution < -0.4 is 5.32 Å². The molecule has 204 valence electrons. The van der Waals surface area contributed by atoms with Crippen LogP contribution in [-0.4, -0.2) is 54.0 Å². The van der Waals surface area contributed by atoms with Crippen LogP contribution in [0.4, 0.5) is 4.79 Å². The zero-order valence-corrected chi connectivity index (χ0v) is 23.1. The molecular formula is C34H41N3O2. The molecule has 1 heterocycles. The largest absolute Gasteiger partial charge is 0.339 e. The van der Waals surface area contributed by atoms with Crippen molar-refractivity contribution in [3.8, 4) is 0 Å². The first-order chi connectivity index (χ1) is 19.0. The zero-order chi connectivity index (χ0) is 27.0. The number of likely N-dealkylation sites (tertiary alicyclic amines) is 1. The van der Waals surface area contributed by atoms with Crippen LogP contribution in [0, 0.1) is 5.92 Å². The summed E-state index contributed by atoms with van der Waals surface area (Å²) in [5.41, 5.74) is 3.08.